The summed E-state index contributed by atoms with van der Waals surface area (Å²) in [6, 6.07) is 1.60. The van der Waals surface area contributed by atoms with Crippen molar-refractivity contribution in [3.05, 3.63) is 22.8 Å². The Morgan fingerprint density at radius 1 is 1.73 bits per heavy atom. The molecule has 0 aliphatic heterocycles. The van der Waals surface area contributed by atoms with Gasteiger partial charge in [0.25, 0.3) is 0 Å². The maximum Gasteiger partial charge on any atom is 0.151 e. The van der Waals surface area contributed by atoms with Crippen LogP contribution in [-0.4, -0.2) is 17.5 Å². The van der Waals surface area contributed by atoms with Crippen LogP contribution in [0.25, 0.3) is 0 Å². The van der Waals surface area contributed by atoms with Gasteiger partial charge in [0.1, 0.15) is 5.03 Å². The lowest BCUT2D eigenvalue weighted by Gasteiger charge is -1.97. The molecule has 2 nitrogen and oxygen atoms in total. The van der Waals surface area contributed by atoms with Crippen molar-refractivity contribution in [2.45, 2.75) is 5.03 Å². The first-order chi connectivity index (χ1) is 5.27. The first-order valence-corrected chi connectivity index (χ1v) is 4.53. The van der Waals surface area contributed by atoms with Crippen LogP contribution >= 0.6 is 23.4 Å². The zero-order valence-corrected chi connectivity index (χ0v) is 7.45. The molecule has 0 amide bonds. The molecule has 0 fully saturated rings. The SMILES string of the molecule is CSc1ncc(C=O)cc1Cl. The van der Waals surface area contributed by atoms with Gasteiger partial charge in [-0.3, -0.25) is 4.79 Å². The summed E-state index contributed by atoms with van der Waals surface area (Å²) in [6.45, 7) is 0. The van der Waals surface area contributed by atoms with Crippen molar-refractivity contribution < 1.29 is 4.79 Å². The number of thioether (sulfide) groups is 1. The summed E-state index contributed by atoms with van der Waals surface area (Å²) in [6.07, 6.45) is 4.11. The Hall–Kier alpha value is -0.540. The molecule has 0 aliphatic carbocycles. The minimum atomic E-state index is 0.507. The molecule has 1 heterocycles. The van der Waals surface area contributed by atoms with Crippen LogP contribution in [0.5, 0.6) is 0 Å². The quantitative estimate of drug-likeness (QED) is 0.526. The normalized spacial score (nSPS) is 9.64. The van der Waals surface area contributed by atoms with E-state index in [0.717, 1.165) is 11.3 Å². The third kappa shape index (κ3) is 1.94. The second-order valence-corrected chi connectivity index (χ2v) is 3.08. The van der Waals surface area contributed by atoms with Gasteiger partial charge in [-0.15, -0.1) is 11.8 Å². The Balaban J connectivity index is 3.09. The summed E-state index contributed by atoms with van der Waals surface area (Å²) in [7, 11) is 0. The largest absolute Gasteiger partial charge is 0.298 e. The summed E-state index contributed by atoms with van der Waals surface area (Å²) >= 11 is 7.22. The van der Waals surface area contributed by atoms with E-state index in [0.29, 0.717) is 10.6 Å². The number of aldehydes is 1. The van der Waals surface area contributed by atoms with Crippen molar-refractivity contribution in [3.8, 4) is 0 Å². The van der Waals surface area contributed by atoms with Gasteiger partial charge in [0, 0.05) is 11.8 Å². The molecule has 0 radical (unpaired) electrons. The Morgan fingerprint density at radius 2 is 2.45 bits per heavy atom. The zero-order valence-electron chi connectivity index (χ0n) is 5.87. The molecule has 1 aromatic rings. The molecule has 0 spiro atoms. The summed E-state index contributed by atoms with van der Waals surface area (Å²) in [5.41, 5.74) is 0.507. The number of carbonyl (C=O) groups is 1. The van der Waals surface area contributed by atoms with Crippen LogP contribution in [0.2, 0.25) is 5.02 Å². The molecular weight excluding hydrogens is 182 g/mol. The van der Waals surface area contributed by atoms with Gasteiger partial charge in [-0.05, 0) is 12.3 Å². The summed E-state index contributed by atoms with van der Waals surface area (Å²) in [4.78, 5) is 14.2. The molecule has 0 atom stereocenters. The predicted molar refractivity (Wildman–Crippen MR) is 46.4 cm³/mol. The Labute approximate surface area is 74.0 Å². The number of carbonyl (C=O) groups excluding carboxylic acids is 1. The maximum absolute atomic E-state index is 10.3. The molecule has 0 unspecified atom stereocenters. The number of aromatic nitrogens is 1. The summed E-state index contributed by atoms with van der Waals surface area (Å²) in [5, 5.41) is 1.28. The van der Waals surface area contributed by atoms with Crippen LogP contribution < -0.4 is 0 Å². The van der Waals surface area contributed by atoms with E-state index in [4.69, 9.17) is 11.6 Å². The second kappa shape index (κ2) is 3.74. The van der Waals surface area contributed by atoms with Crippen LogP contribution in [0.15, 0.2) is 17.3 Å². The first-order valence-electron chi connectivity index (χ1n) is 2.92. The topological polar surface area (TPSA) is 30.0 Å². The van der Waals surface area contributed by atoms with E-state index in [1.165, 1.54) is 18.0 Å². The van der Waals surface area contributed by atoms with Gasteiger partial charge in [0.2, 0.25) is 0 Å². The van der Waals surface area contributed by atoms with Crippen molar-refractivity contribution in [1.29, 1.82) is 0 Å². The number of pyridine rings is 1. The molecule has 4 heteroatoms. The Kier molecular flexibility index (Phi) is 2.91. The van der Waals surface area contributed by atoms with Crippen molar-refractivity contribution in [2.75, 3.05) is 6.26 Å². The monoisotopic (exact) mass is 187 g/mol. The maximum atomic E-state index is 10.3. The summed E-state index contributed by atoms with van der Waals surface area (Å²) in [5.74, 6) is 0. The standard InChI is InChI=1S/C7H6ClNOS/c1-11-7-6(8)2-5(4-10)3-9-7/h2-4H,1H3. The van der Waals surface area contributed by atoms with Gasteiger partial charge in [-0.2, -0.15) is 0 Å². The van der Waals surface area contributed by atoms with E-state index in [1.54, 1.807) is 6.07 Å². The van der Waals surface area contributed by atoms with Crippen LogP contribution in [0.4, 0.5) is 0 Å². The Bertz CT molecular complexity index is 277. The third-order valence-corrected chi connectivity index (χ3v) is 2.27. The molecule has 0 bridgehead atoms. The minimum absolute atomic E-state index is 0.507. The average molecular weight is 188 g/mol. The van der Waals surface area contributed by atoms with Crippen LogP contribution in [0, 0.1) is 0 Å². The zero-order chi connectivity index (χ0) is 8.27. The van der Waals surface area contributed by atoms with Gasteiger partial charge in [-0.1, -0.05) is 11.6 Å². The van der Waals surface area contributed by atoms with Crippen molar-refractivity contribution in [3.63, 3.8) is 0 Å². The van der Waals surface area contributed by atoms with E-state index in [9.17, 15) is 4.79 Å². The Morgan fingerprint density at radius 3 is 2.91 bits per heavy atom. The van der Waals surface area contributed by atoms with Crippen LogP contribution in [0.1, 0.15) is 10.4 Å². The number of hydrogen-bond donors (Lipinski definition) is 0. The van der Waals surface area contributed by atoms with Gasteiger partial charge in [-0.25, -0.2) is 4.98 Å². The molecular formula is C7H6ClNOS. The number of nitrogens with zero attached hydrogens (tertiary/aromatic N) is 1. The minimum Gasteiger partial charge on any atom is -0.298 e. The highest BCUT2D eigenvalue weighted by Crippen LogP contribution is 2.22. The summed E-state index contributed by atoms with van der Waals surface area (Å²) < 4.78 is 0. The fraction of sp³-hybridized carbons (Fsp3) is 0.143. The smallest absolute Gasteiger partial charge is 0.151 e. The van der Waals surface area contributed by atoms with Crippen molar-refractivity contribution in [2.24, 2.45) is 0 Å². The van der Waals surface area contributed by atoms with Gasteiger partial charge in [0.05, 0.1) is 5.02 Å². The van der Waals surface area contributed by atoms with Gasteiger partial charge in [0.15, 0.2) is 6.29 Å². The van der Waals surface area contributed by atoms with E-state index >= 15 is 0 Å². The first kappa shape index (κ1) is 8.56. The van der Waals surface area contributed by atoms with Gasteiger partial charge >= 0.3 is 0 Å². The fourth-order valence-electron chi connectivity index (χ4n) is 0.655. The fourth-order valence-corrected chi connectivity index (χ4v) is 1.47. The van der Waals surface area contributed by atoms with Crippen molar-refractivity contribution >= 4 is 29.6 Å². The molecule has 58 valence electrons. The molecule has 1 rings (SSSR count). The highest BCUT2D eigenvalue weighted by molar-refractivity contribution is 7.98. The lowest BCUT2D eigenvalue weighted by molar-refractivity contribution is 0.112. The number of rotatable bonds is 2. The molecule has 0 aromatic carbocycles. The van der Waals surface area contributed by atoms with Crippen molar-refractivity contribution in [1.82, 2.24) is 4.98 Å². The number of hydrogen-bond acceptors (Lipinski definition) is 3. The number of halogens is 1. The molecule has 1 aromatic heterocycles. The average Bonchev–Trinajstić information content (AvgIpc) is 2.04. The van der Waals surface area contributed by atoms with E-state index in [1.807, 2.05) is 6.26 Å². The van der Waals surface area contributed by atoms with Crippen LogP contribution in [-0.2, 0) is 0 Å². The van der Waals surface area contributed by atoms with E-state index in [2.05, 4.69) is 4.98 Å². The predicted octanol–water partition coefficient (Wildman–Crippen LogP) is 2.27. The lowest BCUT2D eigenvalue weighted by Crippen LogP contribution is -1.85. The lowest BCUT2D eigenvalue weighted by atomic mass is 10.3. The van der Waals surface area contributed by atoms with E-state index in [-0.39, 0.29) is 0 Å². The highest BCUT2D eigenvalue weighted by atomic mass is 35.5. The van der Waals surface area contributed by atoms with Gasteiger partial charge < -0.3 is 0 Å². The molecule has 0 saturated heterocycles. The third-order valence-electron chi connectivity index (χ3n) is 1.16. The van der Waals surface area contributed by atoms with Crippen LogP contribution in [0.3, 0.4) is 0 Å². The van der Waals surface area contributed by atoms with E-state index < -0.39 is 0 Å². The molecule has 0 N–H and O–H groups in total. The highest BCUT2D eigenvalue weighted by Gasteiger charge is 2.00. The molecule has 11 heavy (non-hydrogen) atoms. The molecule has 0 aliphatic rings. The molecule has 0 saturated carbocycles. The second-order valence-electron chi connectivity index (χ2n) is 1.88.